The lowest BCUT2D eigenvalue weighted by molar-refractivity contribution is 0.0594. The number of aliphatic hydroxyl groups is 1. The van der Waals surface area contributed by atoms with Gasteiger partial charge >= 0.3 is 12.0 Å². The quantitative estimate of drug-likeness (QED) is 0.805. The number of ether oxygens (including phenoxy) is 2. The fraction of sp³-hybridized carbons (Fsp3) is 0.529. The van der Waals surface area contributed by atoms with E-state index in [1.54, 1.807) is 23.1 Å². The third kappa shape index (κ3) is 3.97. The van der Waals surface area contributed by atoms with Crippen LogP contribution in [-0.2, 0) is 4.74 Å². The van der Waals surface area contributed by atoms with Crippen molar-refractivity contribution < 1.29 is 24.2 Å². The number of hydrogen-bond donors (Lipinski definition) is 2. The van der Waals surface area contributed by atoms with Crippen LogP contribution in [0.25, 0.3) is 0 Å². The largest absolute Gasteiger partial charge is 0.488 e. The molecule has 0 aliphatic carbocycles. The Balaban J connectivity index is 2.28. The van der Waals surface area contributed by atoms with Crippen molar-refractivity contribution in [2.24, 2.45) is 0 Å². The molecule has 0 spiro atoms. The molecule has 1 aliphatic rings. The van der Waals surface area contributed by atoms with Crippen LogP contribution in [0.5, 0.6) is 5.75 Å². The topological polar surface area (TPSA) is 88.1 Å². The first-order valence-electron chi connectivity index (χ1n) is 8.04. The van der Waals surface area contributed by atoms with Gasteiger partial charge in [0.15, 0.2) is 5.75 Å². The van der Waals surface area contributed by atoms with Crippen molar-refractivity contribution in [1.29, 1.82) is 0 Å². The van der Waals surface area contributed by atoms with Crippen LogP contribution in [0.1, 0.15) is 37.0 Å². The summed E-state index contributed by atoms with van der Waals surface area (Å²) in [5.74, 6) is -0.247. The summed E-state index contributed by atoms with van der Waals surface area (Å²) in [5, 5.41) is 12.2. The zero-order valence-electron chi connectivity index (χ0n) is 14.2. The van der Waals surface area contributed by atoms with Crippen LogP contribution >= 0.6 is 0 Å². The monoisotopic (exact) mass is 336 g/mol. The number of urea groups is 1. The van der Waals surface area contributed by atoms with E-state index in [-0.39, 0.29) is 36.1 Å². The maximum atomic E-state index is 12.5. The van der Waals surface area contributed by atoms with Crippen molar-refractivity contribution in [1.82, 2.24) is 4.90 Å². The van der Waals surface area contributed by atoms with Gasteiger partial charge in [-0.1, -0.05) is 6.07 Å². The van der Waals surface area contributed by atoms with E-state index in [4.69, 9.17) is 9.47 Å². The predicted molar refractivity (Wildman–Crippen MR) is 89.4 cm³/mol. The summed E-state index contributed by atoms with van der Waals surface area (Å²) in [6.45, 7) is 4.20. The second-order valence-electron chi connectivity index (χ2n) is 5.94. The summed E-state index contributed by atoms with van der Waals surface area (Å²) in [4.78, 5) is 26.1. The minimum absolute atomic E-state index is 0.0645. The van der Waals surface area contributed by atoms with Crippen molar-refractivity contribution in [3.8, 4) is 5.75 Å². The molecule has 2 rings (SSSR count). The van der Waals surface area contributed by atoms with Gasteiger partial charge in [-0.15, -0.1) is 0 Å². The number of carbonyl (C=O) groups is 2. The zero-order chi connectivity index (χ0) is 17.7. The molecule has 0 saturated carbocycles. The molecule has 2 N–H and O–H groups in total. The maximum absolute atomic E-state index is 12.5. The lowest BCUT2D eigenvalue weighted by Gasteiger charge is -2.24. The van der Waals surface area contributed by atoms with Gasteiger partial charge in [-0.3, -0.25) is 0 Å². The lowest BCUT2D eigenvalue weighted by atomic mass is 10.1. The zero-order valence-corrected chi connectivity index (χ0v) is 14.2. The summed E-state index contributed by atoms with van der Waals surface area (Å²) >= 11 is 0. The average molecular weight is 336 g/mol. The first kappa shape index (κ1) is 18.1. The summed E-state index contributed by atoms with van der Waals surface area (Å²) < 4.78 is 10.5. The Bertz CT molecular complexity index is 603. The number of benzene rings is 1. The van der Waals surface area contributed by atoms with Crippen LogP contribution in [0.4, 0.5) is 10.5 Å². The number of aliphatic hydroxyl groups excluding tert-OH is 1. The van der Waals surface area contributed by atoms with Gasteiger partial charge in [-0.05, 0) is 38.8 Å². The Kier molecular flexibility index (Phi) is 6.03. The van der Waals surface area contributed by atoms with E-state index in [1.807, 2.05) is 13.8 Å². The van der Waals surface area contributed by atoms with Gasteiger partial charge in [0.1, 0.15) is 5.56 Å². The molecule has 1 fully saturated rings. The third-order valence-corrected chi connectivity index (χ3v) is 3.86. The van der Waals surface area contributed by atoms with Crippen LogP contribution in [0.15, 0.2) is 18.2 Å². The minimum Gasteiger partial charge on any atom is -0.488 e. The molecule has 1 saturated heterocycles. The van der Waals surface area contributed by atoms with Crippen molar-refractivity contribution in [3.05, 3.63) is 23.8 Å². The SMILES string of the molecule is COC(=O)c1cccc(NC(=O)N2CCC[C@@H]2CO)c1OC(C)C. The van der Waals surface area contributed by atoms with Gasteiger partial charge < -0.3 is 24.8 Å². The maximum Gasteiger partial charge on any atom is 0.341 e. The molecule has 1 aromatic carbocycles. The smallest absolute Gasteiger partial charge is 0.341 e. The molecule has 0 aromatic heterocycles. The van der Waals surface area contributed by atoms with Crippen LogP contribution in [-0.4, -0.2) is 54.4 Å². The van der Waals surface area contributed by atoms with E-state index >= 15 is 0 Å². The molecular formula is C17H24N2O5. The molecule has 0 unspecified atom stereocenters. The number of likely N-dealkylation sites (tertiary alicyclic amines) is 1. The Morgan fingerprint density at radius 1 is 1.42 bits per heavy atom. The molecule has 1 heterocycles. The fourth-order valence-corrected chi connectivity index (χ4v) is 2.75. The van der Waals surface area contributed by atoms with Gasteiger partial charge in [-0.2, -0.15) is 0 Å². The number of nitrogens with one attached hydrogen (secondary N) is 1. The fourth-order valence-electron chi connectivity index (χ4n) is 2.75. The van der Waals surface area contributed by atoms with Crippen LogP contribution in [0.2, 0.25) is 0 Å². The number of rotatable bonds is 5. The standard InChI is InChI=1S/C17H24N2O5/c1-11(2)24-15-13(16(21)23-3)7-4-8-14(15)18-17(22)19-9-5-6-12(19)10-20/h4,7-8,11-12,20H,5-6,9-10H2,1-3H3,(H,18,22)/t12-/m1/s1. The van der Waals surface area contributed by atoms with E-state index in [1.165, 1.54) is 7.11 Å². The number of esters is 1. The normalized spacial score (nSPS) is 17.0. The first-order valence-corrected chi connectivity index (χ1v) is 8.04. The number of hydrogen-bond acceptors (Lipinski definition) is 5. The molecule has 2 amide bonds. The Labute approximate surface area is 141 Å². The summed E-state index contributed by atoms with van der Waals surface area (Å²) in [7, 11) is 1.29. The van der Waals surface area contributed by atoms with Gasteiger partial charge in [0.25, 0.3) is 0 Å². The number of carbonyl (C=O) groups excluding carboxylic acids is 2. The molecular weight excluding hydrogens is 312 g/mol. The highest BCUT2D eigenvalue weighted by molar-refractivity contribution is 5.98. The van der Waals surface area contributed by atoms with E-state index < -0.39 is 5.97 Å². The third-order valence-electron chi connectivity index (χ3n) is 3.86. The van der Waals surface area contributed by atoms with Crippen molar-refractivity contribution in [2.45, 2.75) is 38.8 Å². The van der Waals surface area contributed by atoms with Gasteiger partial charge in [0.2, 0.25) is 0 Å². The highest BCUT2D eigenvalue weighted by atomic mass is 16.5. The predicted octanol–water partition coefficient (Wildman–Crippen LogP) is 2.25. The first-order chi connectivity index (χ1) is 11.5. The summed E-state index contributed by atoms with van der Waals surface area (Å²) in [6.07, 6.45) is 1.46. The number of methoxy groups -OCH3 is 1. The molecule has 1 atom stereocenters. The van der Waals surface area contributed by atoms with Crippen molar-refractivity contribution >= 4 is 17.7 Å². The van der Waals surface area contributed by atoms with E-state index in [0.29, 0.717) is 12.2 Å². The Morgan fingerprint density at radius 3 is 2.79 bits per heavy atom. The molecule has 1 aromatic rings. The lowest BCUT2D eigenvalue weighted by Crippen LogP contribution is -2.40. The number of para-hydroxylation sites is 1. The molecule has 132 valence electrons. The second-order valence-corrected chi connectivity index (χ2v) is 5.94. The van der Waals surface area contributed by atoms with Crippen molar-refractivity contribution in [3.63, 3.8) is 0 Å². The van der Waals surface area contributed by atoms with Gasteiger partial charge in [0, 0.05) is 6.54 Å². The Morgan fingerprint density at radius 2 is 2.17 bits per heavy atom. The molecule has 0 bridgehead atoms. The highest BCUT2D eigenvalue weighted by Gasteiger charge is 2.29. The minimum atomic E-state index is -0.531. The van der Waals surface area contributed by atoms with E-state index in [0.717, 1.165) is 12.8 Å². The number of anilines is 1. The Hall–Kier alpha value is -2.28. The number of nitrogens with zero attached hydrogens (tertiary/aromatic N) is 1. The molecule has 7 nitrogen and oxygen atoms in total. The van der Waals surface area contributed by atoms with Gasteiger partial charge in [-0.25, -0.2) is 9.59 Å². The van der Waals surface area contributed by atoms with Crippen LogP contribution < -0.4 is 10.1 Å². The summed E-state index contributed by atoms with van der Waals surface area (Å²) in [6, 6.07) is 4.42. The molecule has 1 aliphatic heterocycles. The highest BCUT2D eigenvalue weighted by Crippen LogP contribution is 2.31. The second kappa shape index (κ2) is 8.01. The molecule has 24 heavy (non-hydrogen) atoms. The molecule has 0 radical (unpaired) electrons. The number of amides is 2. The van der Waals surface area contributed by atoms with Gasteiger partial charge in [0.05, 0.1) is 31.5 Å². The van der Waals surface area contributed by atoms with Crippen LogP contribution in [0.3, 0.4) is 0 Å². The van der Waals surface area contributed by atoms with Crippen LogP contribution in [0, 0.1) is 0 Å². The summed E-state index contributed by atoms with van der Waals surface area (Å²) in [5.41, 5.74) is 0.657. The molecule has 7 heteroatoms. The average Bonchev–Trinajstić information content (AvgIpc) is 3.04. The van der Waals surface area contributed by atoms with E-state index in [9.17, 15) is 14.7 Å². The van der Waals surface area contributed by atoms with Crippen molar-refractivity contribution in [2.75, 3.05) is 25.6 Å². The van der Waals surface area contributed by atoms with E-state index in [2.05, 4.69) is 5.32 Å².